The van der Waals surface area contributed by atoms with Crippen molar-refractivity contribution in [3.8, 4) is 0 Å². The quantitative estimate of drug-likeness (QED) is 0.180. The number of ether oxygens (including phenoxy) is 2. The van der Waals surface area contributed by atoms with Gasteiger partial charge in [0.2, 0.25) is 0 Å². The zero-order valence-electron chi connectivity index (χ0n) is 32.0. The van der Waals surface area contributed by atoms with E-state index in [1.54, 1.807) is 0 Å². The predicted molar refractivity (Wildman–Crippen MR) is 223 cm³/mol. The standard InChI is InChI=1S/C54H40O2/c1-33-45-34(2)49-50(54(40-27-15-8-16-28-40)44-32-20-19-31-43(44)53(49,56-54)39-25-13-7-14-26-39)36(4)46(45)35(3)48-47(33)51(37-21-9-5-10-22-37)41-29-17-18-30-42(41)52(48,55-51)38-23-11-6-12-24-38/h5-32H,1-4H3/t51-,52-,53-,54+/m0/s1. The molecule has 2 heteroatoms. The van der Waals surface area contributed by atoms with Crippen LogP contribution in [0.25, 0.3) is 10.8 Å². The molecular weight excluding hydrogens is 681 g/mol. The van der Waals surface area contributed by atoms with Crippen LogP contribution in [0.4, 0.5) is 0 Å². The summed E-state index contributed by atoms with van der Waals surface area (Å²) in [4.78, 5) is 0. The largest absolute Gasteiger partial charge is 0.340 e. The monoisotopic (exact) mass is 720 g/mol. The van der Waals surface area contributed by atoms with Gasteiger partial charge in [-0.05, 0) is 105 Å². The highest BCUT2D eigenvalue weighted by Gasteiger charge is 2.68. The molecule has 8 aromatic rings. The Bertz CT molecular complexity index is 2550. The van der Waals surface area contributed by atoms with Crippen LogP contribution in [-0.4, -0.2) is 0 Å². The fourth-order valence-electron chi connectivity index (χ4n) is 12.1. The van der Waals surface area contributed by atoms with E-state index in [2.05, 4.69) is 198 Å². The maximum absolute atomic E-state index is 7.93. The van der Waals surface area contributed by atoms with Crippen LogP contribution in [0.15, 0.2) is 170 Å². The fraction of sp³-hybridized carbons (Fsp3) is 0.148. The van der Waals surface area contributed by atoms with Gasteiger partial charge in [-0.1, -0.05) is 170 Å². The van der Waals surface area contributed by atoms with Crippen LogP contribution in [0.2, 0.25) is 0 Å². The Morgan fingerprint density at radius 2 is 0.464 bits per heavy atom. The number of hydrogen-bond acceptors (Lipinski definition) is 2. The van der Waals surface area contributed by atoms with Crippen LogP contribution < -0.4 is 0 Å². The van der Waals surface area contributed by atoms with Crippen molar-refractivity contribution >= 4 is 10.8 Å². The predicted octanol–water partition coefficient (Wildman–Crippen LogP) is 11.9. The Hall–Kier alpha value is -6.06. The molecule has 0 amide bonds. The number of hydrogen-bond donors (Lipinski definition) is 0. The molecule has 0 aliphatic carbocycles. The van der Waals surface area contributed by atoms with Gasteiger partial charge >= 0.3 is 0 Å². The Balaban J connectivity index is 1.30. The van der Waals surface area contributed by atoms with Gasteiger partial charge in [-0.2, -0.15) is 0 Å². The summed E-state index contributed by atoms with van der Waals surface area (Å²) in [5.74, 6) is 0. The lowest BCUT2D eigenvalue weighted by atomic mass is 9.62. The van der Waals surface area contributed by atoms with E-state index < -0.39 is 22.4 Å². The summed E-state index contributed by atoms with van der Waals surface area (Å²) in [6, 6.07) is 61.6. The maximum Gasteiger partial charge on any atom is 0.146 e. The van der Waals surface area contributed by atoms with E-state index in [0.717, 1.165) is 22.3 Å². The van der Waals surface area contributed by atoms with Crippen LogP contribution in [0.3, 0.4) is 0 Å². The van der Waals surface area contributed by atoms with Crippen molar-refractivity contribution in [3.63, 3.8) is 0 Å². The van der Waals surface area contributed by atoms with Crippen LogP contribution in [0.5, 0.6) is 0 Å². The maximum atomic E-state index is 7.93. The first-order valence-corrected chi connectivity index (χ1v) is 19.9. The van der Waals surface area contributed by atoms with Crippen molar-refractivity contribution in [2.75, 3.05) is 0 Å². The van der Waals surface area contributed by atoms with E-state index in [0.29, 0.717) is 0 Å². The molecule has 0 N–H and O–H groups in total. The minimum atomic E-state index is -0.796. The molecule has 56 heavy (non-hydrogen) atoms. The summed E-state index contributed by atoms with van der Waals surface area (Å²) in [5, 5.41) is 2.61. The van der Waals surface area contributed by atoms with Crippen LogP contribution >= 0.6 is 0 Å². The molecule has 4 aliphatic rings. The molecule has 0 radical (unpaired) electrons. The first kappa shape index (κ1) is 32.2. The van der Waals surface area contributed by atoms with Crippen molar-refractivity contribution in [2.45, 2.75) is 50.1 Å². The molecular formula is C54H40O2. The smallest absolute Gasteiger partial charge is 0.146 e. The molecule has 0 saturated carbocycles. The average molecular weight is 721 g/mol. The number of benzene rings is 8. The molecule has 4 heterocycles. The van der Waals surface area contributed by atoms with Crippen molar-refractivity contribution in [2.24, 2.45) is 0 Å². The van der Waals surface area contributed by atoms with E-state index in [9.17, 15) is 0 Å². The SMILES string of the molecule is Cc1c2c(c(C)c3c(C)c4c(c(C)c13)[C@@]1(c3ccccc3)O[C@@]4(c3ccccc3)c3ccccc31)[C@@]1(c3ccccc3)O[C@]2(c2ccccc2)c2ccccc21. The normalized spacial score (nSPS) is 24.6. The van der Waals surface area contributed by atoms with Crippen LogP contribution in [-0.2, 0) is 31.9 Å². The number of fused-ring (bicyclic) bond motifs is 17. The Kier molecular flexibility index (Phi) is 6.23. The number of aryl methyl sites for hydroxylation is 4. The van der Waals surface area contributed by atoms with Gasteiger partial charge in [0.1, 0.15) is 22.4 Å². The Morgan fingerprint density at radius 1 is 0.268 bits per heavy atom. The lowest BCUT2D eigenvalue weighted by Crippen LogP contribution is -2.31. The molecule has 0 fully saturated rings. The highest BCUT2D eigenvalue weighted by Crippen LogP contribution is 2.71. The van der Waals surface area contributed by atoms with E-state index in [4.69, 9.17) is 9.47 Å². The summed E-state index contributed by atoms with van der Waals surface area (Å²) in [6.07, 6.45) is 0. The molecule has 0 spiro atoms. The lowest BCUT2D eigenvalue weighted by Gasteiger charge is -2.37. The highest BCUT2D eigenvalue weighted by molar-refractivity contribution is 6.01. The van der Waals surface area contributed by atoms with Gasteiger partial charge < -0.3 is 9.47 Å². The highest BCUT2D eigenvalue weighted by atomic mass is 16.5. The van der Waals surface area contributed by atoms with Crippen LogP contribution in [0.1, 0.15) is 89.0 Å². The minimum absolute atomic E-state index is 0.796. The van der Waals surface area contributed by atoms with Crippen LogP contribution in [0, 0.1) is 27.7 Å². The summed E-state index contributed by atoms with van der Waals surface area (Å²) in [5.41, 5.74) is 16.5. The van der Waals surface area contributed by atoms with Gasteiger partial charge in [-0.25, -0.2) is 0 Å². The Labute approximate surface area is 328 Å². The van der Waals surface area contributed by atoms with Crippen molar-refractivity contribution in [1.29, 1.82) is 0 Å². The molecule has 4 bridgehead atoms. The summed E-state index contributed by atoms with van der Waals surface area (Å²) >= 11 is 0. The molecule has 268 valence electrons. The molecule has 8 aromatic carbocycles. The first-order valence-electron chi connectivity index (χ1n) is 19.9. The molecule has 12 rings (SSSR count). The van der Waals surface area contributed by atoms with E-state index >= 15 is 0 Å². The van der Waals surface area contributed by atoms with Crippen molar-refractivity contribution in [1.82, 2.24) is 0 Å². The second-order valence-electron chi connectivity index (χ2n) is 16.2. The molecule has 4 aliphatic heterocycles. The van der Waals surface area contributed by atoms with Gasteiger partial charge in [0.25, 0.3) is 0 Å². The molecule has 0 aromatic heterocycles. The van der Waals surface area contributed by atoms with Gasteiger partial charge in [0.05, 0.1) is 0 Å². The summed E-state index contributed by atoms with van der Waals surface area (Å²) < 4.78 is 15.9. The molecule has 0 saturated heterocycles. The Morgan fingerprint density at radius 3 is 0.679 bits per heavy atom. The minimum Gasteiger partial charge on any atom is -0.340 e. The summed E-state index contributed by atoms with van der Waals surface area (Å²) in [6.45, 7) is 9.44. The van der Waals surface area contributed by atoms with E-state index in [1.807, 2.05) is 0 Å². The third kappa shape index (κ3) is 3.41. The van der Waals surface area contributed by atoms with E-state index in [-0.39, 0.29) is 0 Å². The molecule has 4 atom stereocenters. The van der Waals surface area contributed by atoms with Gasteiger partial charge in [0.15, 0.2) is 0 Å². The first-order chi connectivity index (χ1) is 27.4. The zero-order valence-corrected chi connectivity index (χ0v) is 32.0. The average Bonchev–Trinajstić information content (AvgIpc) is 3.97. The van der Waals surface area contributed by atoms with E-state index in [1.165, 1.54) is 77.5 Å². The third-order valence-corrected chi connectivity index (χ3v) is 13.9. The van der Waals surface area contributed by atoms with Gasteiger partial charge in [0, 0.05) is 22.3 Å². The molecule has 0 unspecified atom stereocenters. The molecule has 2 nitrogen and oxygen atoms in total. The zero-order chi connectivity index (χ0) is 37.6. The second-order valence-corrected chi connectivity index (χ2v) is 16.2. The topological polar surface area (TPSA) is 18.5 Å². The number of rotatable bonds is 4. The fourth-order valence-corrected chi connectivity index (χ4v) is 12.1. The van der Waals surface area contributed by atoms with Crippen molar-refractivity contribution in [3.05, 3.63) is 259 Å². The van der Waals surface area contributed by atoms with Crippen molar-refractivity contribution < 1.29 is 9.47 Å². The second kappa shape index (κ2) is 10.8. The summed E-state index contributed by atoms with van der Waals surface area (Å²) in [7, 11) is 0. The van der Waals surface area contributed by atoms with Gasteiger partial charge in [-0.3, -0.25) is 0 Å². The third-order valence-electron chi connectivity index (χ3n) is 13.9. The lowest BCUT2D eigenvalue weighted by molar-refractivity contribution is -0.0261. The van der Waals surface area contributed by atoms with Gasteiger partial charge in [-0.15, -0.1) is 0 Å².